The summed E-state index contributed by atoms with van der Waals surface area (Å²) in [6.07, 6.45) is 1.52. The molecule has 0 radical (unpaired) electrons. The van der Waals surface area contributed by atoms with Gasteiger partial charge in [0.15, 0.2) is 0 Å². The van der Waals surface area contributed by atoms with Gasteiger partial charge in [0, 0.05) is 24.8 Å². The summed E-state index contributed by atoms with van der Waals surface area (Å²) in [5.41, 5.74) is 3.97. The number of aromatic amines is 1. The minimum absolute atomic E-state index is 0.172. The van der Waals surface area contributed by atoms with Crippen molar-refractivity contribution in [2.24, 2.45) is 0 Å². The Kier molecular flexibility index (Phi) is 6.18. The number of nitrogens with one attached hydrogen (secondary N) is 3. The minimum Gasteiger partial charge on any atom is -0.347 e. The van der Waals surface area contributed by atoms with Crippen LogP contribution in [-0.2, 0) is 13.1 Å². The lowest BCUT2D eigenvalue weighted by molar-refractivity contribution is 0.0935. The average molecular weight is 484 g/mol. The second kappa shape index (κ2) is 9.74. The van der Waals surface area contributed by atoms with E-state index in [0.29, 0.717) is 29.3 Å². The first-order valence-electron chi connectivity index (χ1n) is 11.1. The van der Waals surface area contributed by atoms with E-state index in [0.717, 1.165) is 16.7 Å². The van der Waals surface area contributed by atoms with Crippen LogP contribution in [0.2, 0.25) is 0 Å². The maximum Gasteiger partial charge on any atom is 0.271 e. The molecule has 5 aromatic rings. The summed E-state index contributed by atoms with van der Waals surface area (Å²) in [6, 6.07) is 17.2. The van der Waals surface area contributed by atoms with Gasteiger partial charge in [-0.05, 0) is 47.0 Å². The zero-order valence-electron chi connectivity index (χ0n) is 19.2. The topological polar surface area (TPSA) is 130 Å². The lowest BCUT2D eigenvalue weighted by Crippen LogP contribution is -2.25. The number of carbonyl (C=O) groups excluding carboxylic acids is 2. The predicted molar refractivity (Wildman–Crippen MR) is 128 cm³/mol. The van der Waals surface area contributed by atoms with Crippen molar-refractivity contribution in [2.45, 2.75) is 20.0 Å². The molecule has 0 saturated carbocycles. The average Bonchev–Trinajstić information content (AvgIpc) is 3.58. The number of nitrogens with zero attached hydrogens (tertiary/aromatic N) is 5. The van der Waals surface area contributed by atoms with Gasteiger partial charge in [0.25, 0.3) is 11.8 Å². The normalized spacial score (nSPS) is 10.9. The molecule has 3 N–H and O–H groups in total. The van der Waals surface area contributed by atoms with Crippen molar-refractivity contribution in [1.82, 2.24) is 40.6 Å². The number of tetrazole rings is 1. The summed E-state index contributed by atoms with van der Waals surface area (Å²) in [7, 11) is 0. The van der Waals surface area contributed by atoms with Crippen LogP contribution in [0.15, 0.2) is 66.9 Å². The molecule has 5 rings (SSSR count). The Morgan fingerprint density at radius 3 is 2.47 bits per heavy atom. The molecule has 10 nitrogen and oxygen atoms in total. The molecular formula is C25H21FN8O2. The highest BCUT2D eigenvalue weighted by Crippen LogP contribution is 2.15. The fourth-order valence-electron chi connectivity index (χ4n) is 3.72. The van der Waals surface area contributed by atoms with Gasteiger partial charge in [0.05, 0.1) is 0 Å². The molecule has 2 amide bonds. The van der Waals surface area contributed by atoms with E-state index in [9.17, 15) is 14.0 Å². The van der Waals surface area contributed by atoms with Gasteiger partial charge in [0.1, 0.15) is 22.9 Å². The third-order valence-corrected chi connectivity index (χ3v) is 5.64. The molecule has 11 heteroatoms. The Labute approximate surface area is 204 Å². The van der Waals surface area contributed by atoms with E-state index in [1.54, 1.807) is 41.7 Å². The van der Waals surface area contributed by atoms with Crippen LogP contribution in [0.3, 0.4) is 0 Å². The molecule has 3 heterocycles. The van der Waals surface area contributed by atoms with Crippen LogP contribution in [0.4, 0.5) is 4.39 Å². The zero-order valence-corrected chi connectivity index (χ0v) is 19.2. The number of halogens is 1. The van der Waals surface area contributed by atoms with Crippen LogP contribution < -0.4 is 10.6 Å². The molecule has 2 aromatic carbocycles. The Hall–Kier alpha value is -4.93. The molecule has 180 valence electrons. The van der Waals surface area contributed by atoms with E-state index >= 15 is 0 Å². The molecule has 0 aliphatic carbocycles. The van der Waals surface area contributed by atoms with E-state index in [1.807, 2.05) is 24.3 Å². The number of H-pyrrole nitrogens is 1. The lowest BCUT2D eigenvalue weighted by atomic mass is 10.1. The van der Waals surface area contributed by atoms with Crippen LogP contribution in [0.25, 0.3) is 17.0 Å². The van der Waals surface area contributed by atoms with Crippen molar-refractivity contribution < 1.29 is 14.0 Å². The summed E-state index contributed by atoms with van der Waals surface area (Å²) in [5, 5.41) is 19.5. The maximum atomic E-state index is 13.5. The Balaban J connectivity index is 1.25. The number of rotatable bonds is 7. The molecule has 0 saturated heterocycles. The number of aromatic nitrogens is 6. The van der Waals surface area contributed by atoms with Gasteiger partial charge in [-0.25, -0.2) is 9.37 Å². The van der Waals surface area contributed by atoms with Crippen molar-refractivity contribution in [1.29, 1.82) is 0 Å². The number of benzene rings is 2. The minimum atomic E-state index is -0.395. The van der Waals surface area contributed by atoms with E-state index in [2.05, 4.69) is 36.2 Å². The number of hydrogen-bond donors (Lipinski definition) is 3. The van der Waals surface area contributed by atoms with Gasteiger partial charge in [-0.3, -0.25) is 14.0 Å². The molecule has 0 aliphatic heterocycles. The number of fused-ring (bicyclic) bond motifs is 1. The van der Waals surface area contributed by atoms with E-state index in [4.69, 9.17) is 0 Å². The summed E-state index contributed by atoms with van der Waals surface area (Å²) >= 11 is 0. The first-order chi connectivity index (χ1) is 17.5. The standard InChI is InChI=1S/C25H21FN8O2/c1-15-11-17(7-10-19(15)26)13-27-24(35)20-14-34-21(3-2-4-22(34)29-20)25(36)28-12-16-5-8-18(9-6-16)23-30-32-33-31-23/h2-11,14H,12-13H2,1H3,(H,27,35)(H,28,36)(H,30,31,32,33). The van der Waals surface area contributed by atoms with Gasteiger partial charge < -0.3 is 10.6 Å². The van der Waals surface area contributed by atoms with E-state index in [1.165, 1.54) is 12.3 Å². The van der Waals surface area contributed by atoms with Crippen LogP contribution in [0, 0.1) is 12.7 Å². The molecule has 0 fully saturated rings. The van der Waals surface area contributed by atoms with Gasteiger partial charge in [0.2, 0.25) is 5.82 Å². The molecule has 0 aliphatic rings. The molecule has 0 atom stereocenters. The molecular weight excluding hydrogens is 463 g/mol. The first-order valence-corrected chi connectivity index (χ1v) is 11.1. The van der Waals surface area contributed by atoms with Crippen molar-refractivity contribution >= 4 is 17.5 Å². The largest absolute Gasteiger partial charge is 0.347 e. The number of amides is 2. The number of aryl methyl sites for hydroxylation is 1. The van der Waals surface area contributed by atoms with Crippen LogP contribution in [0.5, 0.6) is 0 Å². The molecule has 0 spiro atoms. The lowest BCUT2D eigenvalue weighted by Gasteiger charge is -2.08. The smallest absolute Gasteiger partial charge is 0.271 e. The molecule has 3 aromatic heterocycles. The van der Waals surface area contributed by atoms with E-state index in [-0.39, 0.29) is 24.0 Å². The summed E-state index contributed by atoms with van der Waals surface area (Å²) in [6.45, 7) is 2.20. The third-order valence-electron chi connectivity index (χ3n) is 5.64. The fourth-order valence-corrected chi connectivity index (χ4v) is 3.72. The van der Waals surface area contributed by atoms with Gasteiger partial charge in [-0.15, -0.1) is 10.2 Å². The van der Waals surface area contributed by atoms with Gasteiger partial charge in [-0.1, -0.05) is 42.5 Å². The number of pyridine rings is 1. The Morgan fingerprint density at radius 1 is 0.972 bits per heavy atom. The Bertz CT molecular complexity index is 1540. The number of hydrogen-bond acceptors (Lipinski definition) is 6. The number of carbonyl (C=O) groups is 2. The molecule has 0 unspecified atom stereocenters. The van der Waals surface area contributed by atoms with Crippen LogP contribution >= 0.6 is 0 Å². The Morgan fingerprint density at radius 2 is 1.72 bits per heavy atom. The van der Waals surface area contributed by atoms with E-state index < -0.39 is 5.91 Å². The third kappa shape index (κ3) is 4.80. The highest BCUT2D eigenvalue weighted by molar-refractivity contribution is 5.95. The van der Waals surface area contributed by atoms with Crippen molar-refractivity contribution in [3.05, 3.63) is 101 Å². The first kappa shape index (κ1) is 22.8. The SMILES string of the molecule is Cc1cc(CNC(=O)c2cn3c(C(=O)NCc4ccc(-c5nn[nH]n5)cc4)cccc3n2)ccc1F. The van der Waals surface area contributed by atoms with Gasteiger partial charge in [-0.2, -0.15) is 5.21 Å². The second-order valence-electron chi connectivity index (χ2n) is 8.15. The number of imidazole rings is 1. The molecule has 0 bridgehead atoms. The van der Waals surface area contributed by atoms with Crippen molar-refractivity contribution in [3.63, 3.8) is 0 Å². The zero-order chi connectivity index (χ0) is 25.1. The quantitative estimate of drug-likeness (QED) is 0.326. The fraction of sp³-hybridized carbons (Fsp3) is 0.120. The summed E-state index contributed by atoms with van der Waals surface area (Å²) in [4.78, 5) is 29.9. The van der Waals surface area contributed by atoms with Crippen molar-refractivity contribution in [2.75, 3.05) is 0 Å². The van der Waals surface area contributed by atoms with Crippen molar-refractivity contribution in [3.8, 4) is 11.4 Å². The highest BCUT2D eigenvalue weighted by Gasteiger charge is 2.16. The van der Waals surface area contributed by atoms with Crippen LogP contribution in [-0.4, -0.2) is 41.8 Å². The maximum absolute atomic E-state index is 13.5. The highest BCUT2D eigenvalue weighted by atomic mass is 19.1. The summed E-state index contributed by atoms with van der Waals surface area (Å²) in [5.74, 6) is -0.509. The van der Waals surface area contributed by atoms with Gasteiger partial charge >= 0.3 is 0 Å². The summed E-state index contributed by atoms with van der Waals surface area (Å²) < 4.78 is 15.0. The second-order valence-corrected chi connectivity index (χ2v) is 8.15. The molecule has 36 heavy (non-hydrogen) atoms. The van der Waals surface area contributed by atoms with Crippen LogP contribution in [0.1, 0.15) is 37.7 Å². The monoisotopic (exact) mass is 484 g/mol. The predicted octanol–water partition coefficient (Wildman–Crippen LogP) is 2.82.